The van der Waals surface area contributed by atoms with Crippen molar-refractivity contribution in [3.63, 3.8) is 0 Å². The Morgan fingerprint density at radius 1 is 1.19 bits per heavy atom. The Bertz CT molecular complexity index is 845. The van der Waals surface area contributed by atoms with Crippen LogP contribution in [-0.4, -0.2) is 39.8 Å². The third-order valence-corrected chi connectivity index (χ3v) is 6.17. The van der Waals surface area contributed by atoms with Crippen molar-refractivity contribution in [2.75, 3.05) is 20.3 Å². The van der Waals surface area contributed by atoms with Crippen molar-refractivity contribution in [2.45, 2.75) is 31.2 Å². The molecule has 1 aromatic heterocycles. The predicted molar refractivity (Wildman–Crippen MR) is 98.8 cm³/mol. The van der Waals surface area contributed by atoms with E-state index < -0.39 is 10.0 Å². The van der Waals surface area contributed by atoms with E-state index >= 15 is 0 Å². The van der Waals surface area contributed by atoms with Crippen molar-refractivity contribution in [1.29, 1.82) is 0 Å². The van der Waals surface area contributed by atoms with Crippen LogP contribution in [0.3, 0.4) is 0 Å². The Labute approximate surface area is 154 Å². The van der Waals surface area contributed by atoms with Crippen LogP contribution < -0.4 is 9.46 Å². The molecule has 0 aliphatic carbocycles. The summed E-state index contributed by atoms with van der Waals surface area (Å²) in [4.78, 5) is 4.27. The van der Waals surface area contributed by atoms with E-state index in [2.05, 4.69) is 9.71 Å². The lowest BCUT2D eigenvalue weighted by molar-refractivity contribution is 0.183. The molecule has 1 fully saturated rings. The van der Waals surface area contributed by atoms with Crippen LogP contribution in [0.15, 0.2) is 41.6 Å². The van der Waals surface area contributed by atoms with E-state index in [-0.39, 0.29) is 16.9 Å². The highest BCUT2D eigenvalue weighted by Crippen LogP contribution is 2.27. The molecule has 0 amide bonds. The fraction of sp³-hybridized carbons (Fsp3) is 0.421. The Morgan fingerprint density at radius 3 is 2.46 bits per heavy atom. The molecule has 0 bridgehead atoms. The van der Waals surface area contributed by atoms with Crippen LogP contribution in [0, 0.1) is 19.8 Å². The molecule has 0 saturated carbocycles. The van der Waals surface area contributed by atoms with Crippen LogP contribution >= 0.6 is 0 Å². The summed E-state index contributed by atoms with van der Waals surface area (Å²) in [6, 6.07) is 6.92. The molecule has 26 heavy (non-hydrogen) atoms. The van der Waals surface area contributed by atoms with Crippen molar-refractivity contribution >= 4 is 10.0 Å². The average Bonchev–Trinajstić information content (AvgIpc) is 3.01. The SMILES string of the molecule is COc1c(C)cc(S(=O)(=O)N[C@@H]2COC[C@H]2Cc2ccncc2)cc1C. The maximum absolute atomic E-state index is 12.9. The van der Waals surface area contributed by atoms with E-state index in [1.54, 1.807) is 31.6 Å². The van der Waals surface area contributed by atoms with Crippen LogP contribution in [0.2, 0.25) is 0 Å². The number of nitrogens with one attached hydrogen (secondary N) is 1. The van der Waals surface area contributed by atoms with Crippen molar-refractivity contribution in [2.24, 2.45) is 5.92 Å². The molecule has 0 spiro atoms. The fourth-order valence-corrected chi connectivity index (χ4v) is 4.87. The van der Waals surface area contributed by atoms with Gasteiger partial charge in [0.05, 0.1) is 31.3 Å². The van der Waals surface area contributed by atoms with E-state index in [0.717, 1.165) is 23.1 Å². The smallest absolute Gasteiger partial charge is 0.240 e. The second-order valence-electron chi connectivity index (χ2n) is 6.68. The van der Waals surface area contributed by atoms with Crippen molar-refractivity contribution < 1.29 is 17.9 Å². The maximum atomic E-state index is 12.9. The summed E-state index contributed by atoms with van der Waals surface area (Å²) in [5.74, 6) is 0.802. The second-order valence-corrected chi connectivity index (χ2v) is 8.39. The molecular weight excluding hydrogens is 352 g/mol. The lowest BCUT2D eigenvalue weighted by Crippen LogP contribution is -2.40. The van der Waals surface area contributed by atoms with Crippen LogP contribution in [-0.2, 0) is 21.2 Å². The first-order valence-electron chi connectivity index (χ1n) is 8.55. The summed E-state index contributed by atoms with van der Waals surface area (Å²) in [6.45, 7) is 4.60. The number of methoxy groups -OCH3 is 1. The summed E-state index contributed by atoms with van der Waals surface area (Å²) >= 11 is 0. The van der Waals surface area contributed by atoms with Gasteiger partial charge in [-0.15, -0.1) is 0 Å². The summed E-state index contributed by atoms with van der Waals surface area (Å²) < 4.78 is 39.4. The molecule has 2 heterocycles. The first-order valence-corrected chi connectivity index (χ1v) is 10.0. The van der Waals surface area contributed by atoms with Gasteiger partial charge in [0.2, 0.25) is 10.0 Å². The molecule has 1 N–H and O–H groups in total. The Morgan fingerprint density at radius 2 is 1.85 bits per heavy atom. The molecule has 2 aromatic rings. The zero-order valence-electron chi connectivity index (χ0n) is 15.2. The number of hydrogen-bond donors (Lipinski definition) is 1. The molecule has 1 saturated heterocycles. The molecule has 0 unspecified atom stereocenters. The van der Waals surface area contributed by atoms with Crippen LogP contribution in [0.25, 0.3) is 0 Å². The molecule has 7 heteroatoms. The topological polar surface area (TPSA) is 77.5 Å². The molecule has 6 nitrogen and oxygen atoms in total. The number of hydrogen-bond acceptors (Lipinski definition) is 5. The highest BCUT2D eigenvalue weighted by Gasteiger charge is 2.32. The van der Waals surface area contributed by atoms with E-state index in [0.29, 0.717) is 19.0 Å². The first-order chi connectivity index (χ1) is 12.4. The van der Waals surface area contributed by atoms with E-state index in [1.165, 1.54) is 0 Å². The molecule has 1 aromatic carbocycles. The second kappa shape index (κ2) is 7.73. The van der Waals surface area contributed by atoms with E-state index in [9.17, 15) is 8.42 Å². The molecule has 2 atom stereocenters. The van der Waals surface area contributed by atoms with E-state index in [1.807, 2.05) is 26.0 Å². The maximum Gasteiger partial charge on any atom is 0.240 e. The zero-order chi connectivity index (χ0) is 18.7. The molecule has 3 rings (SSSR count). The Kier molecular flexibility index (Phi) is 5.60. The molecule has 0 radical (unpaired) electrons. The normalized spacial score (nSPS) is 20.3. The highest BCUT2D eigenvalue weighted by molar-refractivity contribution is 7.89. The number of aromatic nitrogens is 1. The monoisotopic (exact) mass is 376 g/mol. The third kappa shape index (κ3) is 4.06. The number of pyridine rings is 1. The van der Waals surface area contributed by atoms with Crippen LogP contribution in [0.4, 0.5) is 0 Å². The largest absolute Gasteiger partial charge is 0.496 e. The quantitative estimate of drug-likeness (QED) is 0.837. The van der Waals surface area contributed by atoms with Gasteiger partial charge < -0.3 is 9.47 Å². The van der Waals surface area contributed by atoms with Crippen molar-refractivity contribution in [3.05, 3.63) is 53.3 Å². The number of rotatable bonds is 6. The van der Waals surface area contributed by atoms with Crippen molar-refractivity contribution in [1.82, 2.24) is 9.71 Å². The lowest BCUT2D eigenvalue weighted by atomic mass is 9.96. The summed E-state index contributed by atoms with van der Waals surface area (Å²) in [5.41, 5.74) is 2.71. The number of ether oxygens (including phenoxy) is 2. The van der Waals surface area contributed by atoms with Gasteiger partial charge in [0.1, 0.15) is 5.75 Å². The van der Waals surface area contributed by atoms with Gasteiger partial charge in [-0.2, -0.15) is 0 Å². The predicted octanol–water partition coefficient (Wildman–Crippen LogP) is 2.24. The zero-order valence-corrected chi connectivity index (χ0v) is 16.0. The minimum atomic E-state index is -3.64. The Hall–Kier alpha value is -1.96. The summed E-state index contributed by atoms with van der Waals surface area (Å²) in [7, 11) is -2.05. The number of aryl methyl sites for hydroxylation is 2. The molecule has 1 aliphatic heterocycles. The third-order valence-electron chi connectivity index (χ3n) is 4.70. The van der Waals surface area contributed by atoms with Gasteiger partial charge in [-0.25, -0.2) is 13.1 Å². The highest BCUT2D eigenvalue weighted by atomic mass is 32.2. The van der Waals surface area contributed by atoms with Gasteiger partial charge in [0.15, 0.2) is 0 Å². The average molecular weight is 376 g/mol. The molecule has 1 aliphatic rings. The van der Waals surface area contributed by atoms with Crippen molar-refractivity contribution in [3.8, 4) is 5.75 Å². The van der Waals surface area contributed by atoms with Gasteiger partial charge >= 0.3 is 0 Å². The van der Waals surface area contributed by atoms with Gasteiger partial charge in [-0.1, -0.05) is 0 Å². The summed E-state index contributed by atoms with van der Waals surface area (Å²) in [5, 5.41) is 0. The molecule has 140 valence electrons. The lowest BCUT2D eigenvalue weighted by Gasteiger charge is -2.20. The van der Waals surface area contributed by atoms with Gasteiger partial charge in [0.25, 0.3) is 0 Å². The Balaban J connectivity index is 1.78. The van der Waals surface area contributed by atoms with Gasteiger partial charge in [-0.05, 0) is 61.2 Å². The number of benzene rings is 1. The van der Waals surface area contributed by atoms with E-state index in [4.69, 9.17) is 9.47 Å². The fourth-order valence-electron chi connectivity index (χ4n) is 3.41. The minimum absolute atomic E-state index is 0.0904. The minimum Gasteiger partial charge on any atom is -0.496 e. The van der Waals surface area contributed by atoms with Crippen LogP contribution in [0.5, 0.6) is 5.75 Å². The standard InChI is InChI=1S/C19H24N2O4S/c1-13-8-17(9-14(2)19(13)24-3)26(22,23)21-18-12-25-11-16(18)10-15-4-6-20-7-5-15/h4-9,16,18,21H,10-12H2,1-3H3/t16-,18-/m1/s1. The first kappa shape index (κ1) is 18.8. The van der Waals surface area contributed by atoms with Gasteiger partial charge in [0, 0.05) is 18.3 Å². The summed E-state index contributed by atoms with van der Waals surface area (Å²) in [6.07, 6.45) is 4.23. The van der Waals surface area contributed by atoms with Gasteiger partial charge in [-0.3, -0.25) is 4.98 Å². The number of nitrogens with zero attached hydrogens (tertiary/aromatic N) is 1. The van der Waals surface area contributed by atoms with Crippen LogP contribution in [0.1, 0.15) is 16.7 Å². The number of sulfonamides is 1. The molecular formula is C19H24N2O4S.